The van der Waals surface area contributed by atoms with Gasteiger partial charge in [-0.3, -0.25) is 4.79 Å². The summed E-state index contributed by atoms with van der Waals surface area (Å²) in [5.41, 5.74) is 0.723. The lowest BCUT2D eigenvalue weighted by Gasteiger charge is -2.03. The smallest absolute Gasteiger partial charge is 0.342 e. The normalized spacial score (nSPS) is 10.2. The third-order valence-corrected chi connectivity index (χ3v) is 3.28. The Morgan fingerprint density at radius 1 is 1.41 bits per heavy atom. The average molecular weight is 319 g/mol. The van der Waals surface area contributed by atoms with Crippen LogP contribution >= 0.6 is 11.8 Å². The molecule has 0 saturated heterocycles. The molecule has 1 aromatic heterocycles. The number of furan rings is 1. The zero-order valence-electron chi connectivity index (χ0n) is 12.0. The second-order valence-corrected chi connectivity index (χ2v) is 5.01. The predicted octanol–water partition coefficient (Wildman–Crippen LogP) is 3.25. The minimum Gasteiger partial charge on any atom is -0.462 e. The summed E-state index contributed by atoms with van der Waals surface area (Å²) in [7, 11) is 0. The van der Waals surface area contributed by atoms with E-state index in [0.29, 0.717) is 22.5 Å². The molecule has 0 radical (unpaired) electrons. The molecule has 114 valence electrons. The number of carbonyl (C=O) groups excluding carboxylic acids is 2. The van der Waals surface area contributed by atoms with Crippen molar-refractivity contribution in [3.05, 3.63) is 29.5 Å². The number of esters is 2. The zero-order valence-corrected chi connectivity index (χ0v) is 12.9. The SMILES string of the molecule is CCOC(=O)c1c(CSC#N)oc2ccc(OC(C)=O)cc12. The predicted molar refractivity (Wildman–Crippen MR) is 80.4 cm³/mol. The van der Waals surface area contributed by atoms with Crippen LogP contribution in [0.2, 0.25) is 0 Å². The topological polar surface area (TPSA) is 89.5 Å². The van der Waals surface area contributed by atoms with Crippen LogP contribution in [0.15, 0.2) is 22.6 Å². The van der Waals surface area contributed by atoms with Gasteiger partial charge in [-0.05, 0) is 36.9 Å². The van der Waals surface area contributed by atoms with E-state index in [4.69, 9.17) is 19.2 Å². The number of carbonyl (C=O) groups is 2. The van der Waals surface area contributed by atoms with E-state index in [1.165, 1.54) is 6.92 Å². The number of ether oxygens (including phenoxy) is 2. The number of nitriles is 1. The van der Waals surface area contributed by atoms with E-state index in [1.54, 1.807) is 25.1 Å². The molecule has 0 atom stereocenters. The Morgan fingerprint density at radius 3 is 2.82 bits per heavy atom. The van der Waals surface area contributed by atoms with E-state index in [2.05, 4.69) is 0 Å². The number of hydrogen-bond donors (Lipinski definition) is 0. The van der Waals surface area contributed by atoms with Gasteiger partial charge in [0.2, 0.25) is 0 Å². The Labute approximate surface area is 131 Å². The first-order valence-corrected chi connectivity index (χ1v) is 7.47. The molecule has 2 rings (SSSR count). The maximum Gasteiger partial charge on any atom is 0.342 e. The van der Waals surface area contributed by atoms with Crippen LogP contribution in [0.4, 0.5) is 0 Å². The van der Waals surface area contributed by atoms with Gasteiger partial charge in [-0.2, -0.15) is 5.26 Å². The van der Waals surface area contributed by atoms with Crippen LogP contribution in [0.1, 0.15) is 30.0 Å². The zero-order chi connectivity index (χ0) is 16.1. The number of rotatable bonds is 5. The van der Waals surface area contributed by atoms with E-state index in [0.717, 1.165) is 11.8 Å². The van der Waals surface area contributed by atoms with Crippen LogP contribution in [0, 0.1) is 10.7 Å². The molecule has 0 aliphatic heterocycles. The van der Waals surface area contributed by atoms with Crippen molar-refractivity contribution in [3.8, 4) is 11.2 Å². The molecule has 1 aromatic carbocycles. The van der Waals surface area contributed by atoms with E-state index in [-0.39, 0.29) is 17.9 Å². The van der Waals surface area contributed by atoms with Crippen LogP contribution in [0.3, 0.4) is 0 Å². The molecule has 0 fully saturated rings. The maximum atomic E-state index is 12.2. The van der Waals surface area contributed by atoms with E-state index < -0.39 is 11.9 Å². The highest BCUT2D eigenvalue weighted by Gasteiger charge is 2.22. The molecule has 0 bridgehead atoms. The molecule has 0 spiro atoms. The van der Waals surface area contributed by atoms with Gasteiger partial charge in [0, 0.05) is 12.3 Å². The fourth-order valence-corrected chi connectivity index (χ4v) is 2.38. The Kier molecular flexibility index (Phi) is 5.07. The highest BCUT2D eigenvalue weighted by Crippen LogP contribution is 2.32. The van der Waals surface area contributed by atoms with Crippen molar-refractivity contribution in [1.29, 1.82) is 5.26 Å². The van der Waals surface area contributed by atoms with Crippen LogP contribution in [0.5, 0.6) is 5.75 Å². The fourth-order valence-electron chi connectivity index (χ4n) is 1.98. The second kappa shape index (κ2) is 7.00. The molecule has 0 aliphatic carbocycles. The summed E-state index contributed by atoms with van der Waals surface area (Å²) in [6.45, 7) is 3.22. The van der Waals surface area contributed by atoms with Gasteiger partial charge in [0.15, 0.2) is 0 Å². The van der Waals surface area contributed by atoms with Crippen molar-refractivity contribution in [1.82, 2.24) is 0 Å². The van der Waals surface area contributed by atoms with Crippen LogP contribution in [-0.4, -0.2) is 18.5 Å². The molecular weight excluding hydrogens is 306 g/mol. The quantitative estimate of drug-likeness (QED) is 0.474. The molecule has 22 heavy (non-hydrogen) atoms. The van der Waals surface area contributed by atoms with Crippen LogP contribution in [-0.2, 0) is 15.3 Å². The Morgan fingerprint density at radius 2 is 2.18 bits per heavy atom. The molecule has 0 saturated carbocycles. The molecule has 0 amide bonds. The highest BCUT2D eigenvalue weighted by molar-refractivity contribution is 8.02. The summed E-state index contributed by atoms with van der Waals surface area (Å²) in [6, 6.07) is 4.73. The van der Waals surface area contributed by atoms with Crippen molar-refractivity contribution >= 4 is 34.7 Å². The van der Waals surface area contributed by atoms with Gasteiger partial charge in [0.25, 0.3) is 0 Å². The molecular formula is C15H13NO5S. The number of hydrogen-bond acceptors (Lipinski definition) is 7. The first-order chi connectivity index (χ1) is 10.6. The molecule has 0 unspecified atom stereocenters. The average Bonchev–Trinajstić information content (AvgIpc) is 2.82. The third-order valence-electron chi connectivity index (χ3n) is 2.74. The van der Waals surface area contributed by atoms with E-state index in [1.807, 2.05) is 5.40 Å². The largest absolute Gasteiger partial charge is 0.462 e. The van der Waals surface area contributed by atoms with Crippen molar-refractivity contribution < 1.29 is 23.5 Å². The van der Waals surface area contributed by atoms with Crippen molar-refractivity contribution in [3.63, 3.8) is 0 Å². The third kappa shape index (κ3) is 3.40. The molecule has 6 nitrogen and oxygen atoms in total. The lowest BCUT2D eigenvalue weighted by Crippen LogP contribution is -2.06. The Hall–Kier alpha value is -2.46. The summed E-state index contributed by atoms with van der Waals surface area (Å²) in [4.78, 5) is 23.2. The van der Waals surface area contributed by atoms with Gasteiger partial charge in [-0.1, -0.05) is 0 Å². The molecule has 1 heterocycles. The van der Waals surface area contributed by atoms with Crippen LogP contribution < -0.4 is 4.74 Å². The van der Waals surface area contributed by atoms with Gasteiger partial charge >= 0.3 is 11.9 Å². The number of nitrogens with zero attached hydrogens (tertiary/aromatic N) is 1. The van der Waals surface area contributed by atoms with Crippen molar-refractivity contribution in [2.24, 2.45) is 0 Å². The van der Waals surface area contributed by atoms with Gasteiger partial charge in [-0.15, -0.1) is 0 Å². The highest BCUT2D eigenvalue weighted by atomic mass is 32.2. The minimum absolute atomic E-state index is 0.222. The summed E-state index contributed by atoms with van der Waals surface area (Å²) in [5, 5.41) is 11.1. The lowest BCUT2D eigenvalue weighted by atomic mass is 10.1. The van der Waals surface area contributed by atoms with Crippen molar-refractivity contribution in [2.45, 2.75) is 19.6 Å². The first kappa shape index (κ1) is 15.9. The van der Waals surface area contributed by atoms with Gasteiger partial charge < -0.3 is 13.9 Å². The lowest BCUT2D eigenvalue weighted by molar-refractivity contribution is -0.131. The number of thioether (sulfide) groups is 1. The summed E-state index contributed by atoms with van der Waals surface area (Å²) < 4.78 is 15.7. The van der Waals surface area contributed by atoms with Crippen LogP contribution in [0.25, 0.3) is 11.0 Å². The molecule has 0 aliphatic rings. The minimum atomic E-state index is -0.533. The van der Waals surface area contributed by atoms with E-state index >= 15 is 0 Å². The Bertz CT molecular complexity index is 759. The van der Waals surface area contributed by atoms with Gasteiger partial charge in [-0.25, -0.2) is 4.79 Å². The fraction of sp³-hybridized carbons (Fsp3) is 0.267. The number of fused-ring (bicyclic) bond motifs is 1. The second-order valence-electron chi connectivity index (χ2n) is 4.25. The maximum absolute atomic E-state index is 12.2. The van der Waals surface area contributed by atoms with E-state index in [9.17, 15) is 9.59 Å². The molecule has 2 aromatic rings. The molecule has 0 N–H and O–H groups in total. The summed E-state index contributed by atoms with van der Waals surface area (Å²) in [6.07, 6.45) is 0. The van der Waals surface area contributed by atoms with Crippen molar-refractivity contribution in [2.75, 3.05) is 6.61 Å². The van der Waals surface area contributed by atoms with Gasteiger partial charge in [0.05, 0.1) is 12.4 Å². The monoisotopic (exact) mass is 319 g/mol. The number of thiocyanates is 1. The Balaban J connectivity index is 2.54. The first-order valence-electron chi connectivity index (χ1n) is 6.48. The van der Waals surface area contributed by atoms with Gasteiger partial charge in [0.1, 0.15) is 28.1 Å². The standard InChI is InChI=1S/C15H13NO5S/c1-3-19-15(18)14-11-6-10(20-9(2)17)4-5-12(11)21-13(14)7-22-8-16/h4-6H,3,7H2,1-2H3. The summed E-state index contributed by atoms with van der Waals surface area (Å²) >= 11 is 0.960. The number of benzene rings is 1. The molecule has 7 heteroatoms. The summed E-state index contributed by atoms with van der Waals surface area (Å²) in [5.74, 6) is -0.0938.